The first-order chi connectivity index (χ1) is 15.9. The van der Waals surface area contributed by atoms with Crippen molar-refractivity contribution in [3.05, 3.63) is 64.4 Å². The van der Waals surface area contributed by atoms with Crippen molar-refractivity contribution in [2.75, 3.05) is 19.8 Å². The third-order valence-corrected chi connectivity index (χ3v) is 5.86. The standard InChI is InChI=1S/C24H28ClFN2O5/c25-22-13-19(26)6-1-18(22)14-32-15-27-11-12-28-23(29)16-2-7-20(8-3-16)33-21-9-4-17(5-10-21)24(30)31/h1-3,6-8,13,17,21,27H,4-5,9-12,14-15H2,(H,28,29)(H,30,31). The Hall–Kier alpha value is -2.68. The van der Waals surface area contributed by atoms with E-state index in [0.29, 0.717) is 60.7 Å². The maximum absolute atomic E-state index is 13.0. The van der Waals surface area contributed by atoms with E-state index in [9.17, 15) is 14.0 Å². The highest BCUT2D eigenvalue weighted by Gasteiger charge is 2.26. The Balaban J connectivity index is 1.29. The van der Waals surface area contributed by atoms with Gasteiger partial charge in [0.1, 0.15) is 11.6 Å². The molecule has 0 atom stereocenters. The Bertz CT molecular complexity index is 933. The SMILES string of the molecule is O=C(NCCNCOCc1ccc(F)cc1Cl)c1ccc(OC2CCC(C(=O)O)CC2)cc1. The van der Waals surface area contributed by atoms with Crippen molar-refractivity contribution >= 4 is 23.5 Å². The van der Waals surface area contributed by atoms with Crippen LogP contribution in [0.1, 0.15) is 41.6 Å². The number of carbonyl (C=O) groups is 2. The topological polar surface area (TPSA) is 96.9 Å². The van der Waals surface area contributed by atoms with E-state index in [2.05, 4.69) is 10.6 Å². The van der Waals surface area contributed by atoms with Crippen molar-refractivity contribution in [3.63, 3.8) is 0 Å². The monoisotopic (exact) mass is 478 g/mol. The lowest BCUT2D eigenvalue weighted by atomic mass is 9.87. The zero-order chi connectivity index (χ0) is 23.6. The Morgan fingerprint density at radius 1 is 1.06 bits per heavy atom. The Labute approximate surface area is 197 Å². The fourth-order valence-corrected chi connectivity index (χ4v) is 3.84. The molecule has 0 unspecified atom stereocenters. The van der Waals surface area contributed by atoms with Crippen LogP contribution in [0.4, 0.5) is 4.39 Å². The van der Waals surface area contributed by atoms with Crippen LogP contribution in [-0.4, -0.2) is 42.9 Å². The van der Waals surface area contributed by atoms with Gasteiger partial charge in [0.25, 0.3) is 5.91 Å². The Morgan fingerprint density at radius 2 is 1.79 bits per heavy atom. The molecule has 33 heavy (non-hydrogen) atoms. The molecule has 0 radical (unpaired) electrons. The minimum Gasteiger partial charge on any atom is -0.490 e. The molecule has 0 aliphatic heterocycles. The van der Waals surface area contributed by atoms with Gasteiger partial charge in [-0.25, -0.2) is 4.39 Å². The summed E-state index contributed by atoms with van der Waals surface area (Å²) in [5.74, 6) is -0.916. The van der Waals surface area contributed by atoms with Gasteiger partial charge in [-0.1, -0.05) is 17.7 Å². The van der Waals surface area contributed by atoms with Gasteiger partial charge in [-0.05, 0) is 67.6 Å². The van der Waals surface area contributed by atoms with Crippen LogP contribution in [-0.2, 0) is 16.1 Å². The van der Waals surface area contributed by atoms with E-state index in [1.807, 2.05) is 0 Å². The number of carboxylic acid groups (broad SMARTS) is 1. The number of halogens is 2. The maximum Gasteiger partial charge on any atom is 0.306 e. The van der Waals surface area contributed by atoms with Gasteiger partial charge in [0.2, 0.25) is 0 Å². The summed E-state index contributed by atoms with van der Waals surface area (Å²) in [6, 6.07) is 11.1. The zero-order valence-electron chi connectivity index (χ0n) is 18.2. The first-order valence-electron chi connectivity index (χ1n) is 10.9. The van der Waals surface area contributed by atoms with Gasteiger partial charge in [0.15, 0.2) is 0 Å². The van der Waals surface area contributed by atoms with Crippen molar-refractivity contribution in [2.24, 2.45) is 5.92 Å². The fraction of sp³-hybridized carbons (Fsp3) is 0.417. The number of carbonyl (C=O) groups excluding carboxylic acids is 1. The summed E-state index contributed by atoms with van der Waals surface area (Å²) in [6.07, 6.45) is 2.69. The molecule has 0 bridgehead atoms. The summed E-state index contributed by atoms with van der Waals surface area (Å²) in [4.78, 5) is 23.3. The summed E-state index contributed by atoms with van der Waals surface area (Å²) in [5, 5.41) is 15.3. The lowest BCUT2D eigenvalue weighted by molar-refractivity contribution is -0.143. The van der Waals surface area contributed by atoms with E-state index in [0.717, 1.165) is 0 Å². The molecule has 1 amide bonds. The van der Waals surface area contributed by atoms with Crippen LogP contribution in [0.3, 0.4) is 0 Å². The highest BCUT2D eigenvalue weighted by atomic mass is 35.5. The predicted octanol–water partition coefficient (Wildman–Crippen LogP) is 4.00. The molecule has 2 aromatic rings. The summed E-state index contributed by atoms with van der Waals surface area (Å²) < 4.78 is 24.4. The van der Waals surface area contributed by atoms with E-state index in [1.54, 1.807) is 30.3 Å². The smallest absolute Gasteiger partial charge is 0.306 e. The lowest BCUT2D eigenvalue weighted by Gasteiger charge is -2.26. The molecule has 1 fully saturated rings. The molecule has 1 aliphatic carbocycles. The van der Waals surface area contributed by atoms with Crippen molar-refractivity contribution in [1.82, 2.24) is 10.6 Å². The predicted molar refractivity (Wildman–Crippen MR) is 122 cm³/mol. The van der Waals surface area contributed by atoms with Gasteiger partial charge in [-0.3, -0.25) is 14.9 Å². The van der Waals surface area contributed by atoms with E-state index in [-0.39, 0.29) is 37.1 Å². The highest BCUT2D eigenvalue weighted by molar-refractivity contribution is 6.31. The van der Waals surface area contributed by atoms with Crippen molar-refractivity contribution < 1.29 is 28.6 Å². The normalized spacial score (nSPS) is 18.0. The van der Waals surface area contributed by atoms with Gasteiger partial charge < -0.3 is 19.9 Å². The van der Waals surface area contributed by atoms with E-state index >= 15 is 0 Å². The number of ether oxygens (including phenoxy) is 2. The number of aliphatic carboxylic acids is 1. The molecule has 0 heterocycles. The fourth-order valence-electron chi connectivity index (χ4n) is 3.62. The number of rotatable bonds is 11. The number of hydrogen-bond acceptors (Lipinski definition) is 5. The molecule has 9 heteroatoms. The molecule has 178 valence electrons. The summed E-state index contributed by atoms with van der Waals surface area (Å²) in [7, 11) is 0. The summed E-state index contributed by atoms with van der Waals surface area (Å²) >= 11 is 5.94. The van der Waals surface area contributed by atoms with Crippen LogP contribution < -0.4 is 15.4 Å². The average molecular weight is 479 g/mol. The van der Waals surface area contributed by atoms with Crippen LogP contribution >= 0.6 is 11.6 Å². The van der Waals surface area contributed by atoms with Gasteiger partial charge in [-0.15, -0.1) is 0 Å². The first-order valence-corrected chi connectivity index (χ1v) is 11.3. The summed E-state index contributed by atoms with van der Waals surface area (Å²) in [6.45, 7) is 1.46. The second-order valence-corrected chi connectivity index (χ2v) is 8.35. The van der Waals surface area contributed by atoms with Crippen molar-refractivity contribution in [3.8, 4) is 5.75 Å². The first kappa shape index (κ1) is 25.0. The Morgan fingerprint density at radius 3 is 2.45 bits per heavy atom. The maximum atomic E-state index is 13.0. The molecule has 1 aliphatic rings. The molecule has 2 aromatic carbocycles. The van der Waals surface area contributed by atoms with E-state index in [1.165, 1.54) is 12.1 Å². The molecule has 3 N–H and O–H groups in total. The third-order valence-electron chi connectivity index (χ3n) is 5.51. The molecule has 0 aromatic heterocycles. The van der Waals surface area contributed by atoms with Crippen LogP contribution in [0.2, 0.25) is 5.02 Å². The number of carboxylic acids is 1. The lowest BCUT2D eigenvalue weighted by Crippen LogP contribution is -2.32. The van der Waals surface area contributed by atoms with E-state index in [4.69, 9.17) is 26.2 Å². The molecule has 0 saturated heterocycles. The Kier molecular flexibility index (Phi) is 9.47. The molecule has 7 nitrogen and oxygen atoms in total. The van der Waals surface area contributed by atoms with Gasteiger partial charge >= 0.3 is 5.97 Å². The van der Waals surface area contributed by atoms with E-state index < -0.39 is 5.97 Å². The van der Waals surface area contributed by atoms with Crippen LogP contribution in [0.25, 0.3) is 0 Å². The molecular formula is C24H28ClFN2O5. The number of nitrogens with one attached hydrogen (secondary N) is 2. The summed E-state index contributed by atoms with van der Waals surface area (Å²) in [5.41, 5.74) is 1.23. The second-order valence-electron chi connectivity index (χ2n) is 7.94. The third kappa shape index (κ3) is 7.99. The van der Waals surface area contributed by atoms with Gasteiger partial charge in [0.05, 0.1) is 25.4 Å². The number of hydrogen-bond donors (Lipinski definition) is 3. The van der Waals surface area contributed by atoms with Crippen LogP contribution in [0, 0.1) is 11.7 Å². The zero-order valence-corrected chi connectivity index (χ0v) is 18.9. The molecular weight excluding hydrogens is 451 g/mol. The number of amides is 1. The number of benzene rings is 2. The molecule has 0 spiro atoms. The average Bonchev–Trinajstić information content (AvgIpc) is 2.80. The van der Waals surface area contributed by atoms with Gasteiger partial charge in [-0.2, -0.15) is 0 Å². The van der Waals surface area contributed by atoms with Gasteiger partial charge in [0, 0.05) is 23.7 Å². The van der Waals surface area contributed by atoms with Crippen LogP contribution in [0.15, 0.2) is 42.5 Å². The minimum absolute atomic E-state index is 0.00709. The van der Waals surface area contributed by atoms with Crippen LogP contribution in [0.5, 0.6) is 5.75 Å². The molecule has 1 saturated carbocycles. The minimum atomic E-state index is -0.735. The second kappa shape index (κ2) is 12.5. The highest BCUT2D eigenvalue weighted by Crippen LogP contribution is 2.28. The van der Waals surface area contributed by atoms with Crippen molar-refractivity contribution in [2.45, 2.75) is 38.4 Å². The quantitative estimate of drug-likeness (QED) is 0.334. The van der Waals surface area contributed by atoms with Crippen molar-refractivity contribution in [1.29, 1.82) is 0 Å². The molecule has 3 rings (SSSR count). The largest absolute Gasteiger partial charge is 0.490 e.